The van der Waals surface area contributed by atoms with Crippen LogP contribution in [0.3, 0.4) is 0 Å². The lowest BCUT2D eigenvalue weighted by Crippen LogP contribution is -2.12. The van der Waals surface area contributed by atoms with Gasteiger partial charge in [0.15, 0.2) is 0 Å². The van der Waals surface area contributed by atoms with E-state index in [2.05, 4.69) is 0 Å². The molecule has 10 heavy (non-hydrogen) atoms. The van der Waals surface area contributed by atoms with Crippen LogP contribution in [0.5, 0.6) is 0 Å². The van der Waals surface area contributed by atoms with Crippen molar-refractivity contribution in [2.75, 3.05) is 0 Å². The number of alkyl halides is 3. The molecular weight excluding hydrogens is 145 g/mol. The minimum absolute atomic E-state index is 0.0273. The average molecular weight is 154 g/mol. The smallest absolute Gasteiger partial charge is 0.388 e. The van der Waals surface area contributed by atoms with E-state index in [1.807, 2.05) is 0 Å². The molecule has 0 bridgehead atoms. The highest BCUT2D eigenvalue weighted by atomic mass is 19.4. The highest BCUT2D eigenvalue weighted by Gasteiger charge is 2.25. The van der Waals surface area contributed by atoms with Crippen molar-refractivity contribution in [2.45, 2.75) is 25.4 Å². The fraction of sp³-hybridized carbons (Fsp3) is 0.800. The molecule has 0 saturated carbocycles. The van der Waals surface area contributed by atoms with Crippen LogP contribution in [0.15, 0.2) is 0 Å². The number of amidine groups is 1. The summed E-state index contributed by atoms with van der Waals surface area (Å²) >= 11 is 0. The molecule has 0 aliphatic rings. The van der Waals surface area contributed by atoms with Crippen LogP contribution >= 0.6 is 0 Å². The summed E-state index contributed by atoms with van der Waals surface area (Å²) < 4.78 is 34.2. The van der Waals surface area contributed by atoms with Crippen molar-refractivity contribution in [3.05, 3.63) is 0 Å². The van der Waals surface area contributed by atoms with Crippen LogP contribution in [0.2, 0.25) is 0 Å². The molecule has 0 aliphatic carbocycles. The van der Waals surface area contributed by atoms with Gasteiger partial charge in [-0.25, -0.2) is 0 Å². The summed E-state index contributed by atoms with van der Waals surface area (Å²) in [7, 11) is 0. The Balaban J connectivity index is 3.29. The molecular formula is C5H9F3N2. The van der Waals surface area contributed by atoms with Gasteiger partial charge < -0.3 is 5.73 Å². The molecule has 2 nitrogen and oxygen atoms in total. The van der Waals surface area contributed by atoms with Crippen LogP contribution in [0.1, 0.15) is 19.3 Å². The van der Waals surface area contributed by atoms with E-state index in [0.717, 1.165) is 0 Å². The number of nitrogens with one attached hydrogen (secondary N) is 1. The van der Waals surface area contributed by atoms with Crippen molar-refractivity contribution in [1.82, 2.24) is 0 Å². The van der Waals surface area contributed by atoms with E-state index >= 15 is 0 Å². The zero-order valence-electron chi connectivity index (χ0n) is 5.33. The third kappa shape index (κ3) is 7.26. The van der Waals surface area contributed by atoms with E-state index in [9.17, 15) is 13.2 Å². The maximum atomic E-state index is 11.4. The van der Waals surface area contributed by atoms with Crippen molar-refractivity contribution < 1.29 is 13.2 Å². The zero-order chi connectivity index (χ0) is 8.20. The number of halogens is 3. The predicted molar refractivity (Wildman–Crippen MR) is 31.8 cm³/mol. The molecule has 5 heteroatoms. The monoisotopic (exact) mass is 154 g/mol. The maximum Gasteiger partial charge on any atom is 0.389 e. The molecule has 0 unspecified atom stereocenters. The van der Waals surface area contributed by atoms with Crippen LogP contribution in [0, 0.1) is 5.41 Å². The molecule has 0 aromatic carbocycles. The van der Waals surface area contributed by atoms with Crippen molar-refractivity contribution in [3.8, 4) is 0 Å². The summed E-state index contributed by atoms with van der Waals surface area (Å²) in [6.45, 7) is 0. The van der Waals surface area contributed by atoms with E-state index in [4.69, 9.17) is 11.1 Å². The minimum atomic E-state index is -4.12. The van der Waals surface area contributed by atoms with E-state index in [1.165, 1.54) is 0 Å². The van der Waals surface area contributed by atoms with Gasteiger partial charge in [0.05, 0.1) is 5.84 Å². The van der Waals surface area contributed by atoms with Crippen LogP contribution < -0.4 is 5.73 Å². The summed E-state index contributed by atoms with van der Waals surface area (Å²) in [5.41, 5.74) is 4.84. The molecule has 0 radical (unpaired) electrons. The molecule has 0 fully saturated rings. The van der Waals surface area contributed by atoms with E-state index in [1.54, 1.807) is 0 Å². The Morgan fingerprint density at radius 1 is 1.40 bits per heavy atom. The van der Waals surface area contributed by atoms with Gasteiger partial charge in [-0.2, -0.15) is 13.2 Å². The molecule has 0 aliphatic heterocycles. The summed E-state index contributed by atoms with van der Waals surface area (Å²) in [6.07, 6.45) is -5.03. The first-order valence-corrected chi connectivity index (χ1v) is 2.81. The van der Waals surface area contributed by atoms with Gasteiger partial charge in [0, 0.05) is 12.8 Å². The SMILES string of the molecule is N=C(N)CCCC(F)(F)F. The number of nitrogens with two attached hydrogens (primary N) is 1. The molecule has 0 rings (SSSR count). The topological polar surface area (TPSA) is 49.9 Å². The minimum Gasteiger partial charge on any atom is -0.388 e. The second-order valence-electron chi connectivity index (χ2n) is 1.99. The van der Waals surface area contributed by atoms with Crippen LogP contribution in [0.25, 0.3) is 0 Å². The van der Waals surface area contributed by atoms with Gasteiger partial charge in [0.1, 0.15) is 0 Å². The largest absolute Gasteiger partial charge is 0.389 e. The predicted octanol–water partition coefficient (Wildman–Crippen LogP) is 1.65. The van der Waals surface area contributed by atoms with Crippen molar-refractivity contribution in [1.29, 1.82) is 5.41 Å². The average Bonchev–Trinajstić information content (AvgIpc) is 1.59. The van der Waals surface area contributed by atoms with Gasteiger partial charge in [0.2, 0.25) is 0 Å². The van der Waals surface area contributed by atoms with E-state index in [-0.39, 0.29) is 18.7 Å². The Labute approximate surface area is 56.7 Å². The van der Waals surface area contributed by atoms with Crippen molar-refractivity contribution in [3.63, 3.8) is 0 Å². The summed E-state index contributed by atoms with van der Waals surface area (Å²) in [5.74, 6) is -0.191. The van der Waals surface area contributed by atoms with E-state index < -0.39 is 12.6 Å². The normalized spacial score (nSPS) is 11.5. The van der Waals surface area contributed by atoms with Crippen LogP contribution in [-0.4, -0.2) is 12.0 Å². The standard InChI is InChI=1S/C5H9F3N2/c6-5(7,8)3-1-2-4(9)10/h1-3H2,(H3,9,10). The lowest BCUT2D eigenvalue weighted by atomic mass is 10.2. The third-order valence-corrected chi connectivity index (χ3v) is 0.906. The van der Waals surface area contributed by atoms with Crippen molar-refractivity contribution in [2.24, 2.45) is 5.73 Å². The lowest BCUT2D eigenvalue weighted by molar-refractivity contribution is -0.135. The molecule has 60 valence electrons. The van der Waals surface area contributed by atoms with Gasteiger partial charge >= 0.3 is 6.18 Å². The van der Waals surface area contributed by atoms with Gasteiger partial charge in [0.25, 0.3) is 0 Å². The first-order chi connectivity index (χ1) is 4.42. The Hall–Kier alpha value is -0.740. The van der Waals surface area contributed by atoms with Gasteiger partial charge in [-0.15, -0.1) is 0 Å². The summed E-state index contributed by atoms with van der Waals surface area (Å²) in [6, 6.07) is 0. The molecule has 0 spiro atoms. The van der Waals surface area contributed by atoms with E-state index in [0.29, 0.717) is 0 Å². The highest BCUT2D eigenvalue weighted by molar-refractivity contribution is 5.76. The number of rotatable bonds is 3. The second-order valence-corrected chi connectivity index (χ2v) is 1.99. The Morgan fingerprint density at radius 2 is 1.90 bits per heavy atom. The summed E-state index contributed by atoms with van der Waals surface area (Å²) in [5, 5.41) is 6.61. The molecule has 0 saturated heterocycles. The fourth-order valence-electron chi connectivity index (χ4n) is 0.479. The molecule has 0 amide bonds. The first-order valence-electron chi connectivity index (χ1n) is 2.81. The molecule has 0 aromatic rings. The third-order valence-electron chi connectivity index (χ3n) is 0.906. The molecule has 0 aromatic heterocycles. The first kappa shape index (κ1) is 9.26. The molecule has 0 atom stereocenters. The van der Waals surface area contributed by atoms with Gasteiger partial charge in [-0.3, -0.25) is 5.41 Å². The van der Waals surface area contributed by atoms with Crippen molar-refractivity contribution >= 4 is 5.84 Å². The van der Waals surface area contributed by atoms with Gasteiger partial charge in [-0.05, 0) is 6.42 Å². The summed E-state index contributed by atoms with van der Waals surface area (Å²) in [4.78, 5) is 0. The lowest BCUT2D eigenvalue weighted by Gasteiger charge is -2.03. The Morgan fingerprint density at radius 3 is 2.20 bits per heavy atom. The number of hydrogen-bond acceptors (Lipinski definition) is 1. The fourth-order valence-corrected chi connectivity index (χ4v) is 0.479. The quantitative estimate of drug-likeness (QED) is 0.471. The second kappa shape index (κ2) is 3.43. The van der Waals surface area contributed by atoms with Crippen LogP contribution in [-0.2, 0) is 0 Å². The number of hydrogen-bond donors (Lipinski definition) is 2. The molecule has 3 N–H and O–H groups in total. The maximum absolute atomic E-state index is 11.4. The molecule has 0 heterocycles. The van der Waals surface area contributed by atoms with Gasteiger partial charge in [-0.1, -0.05) is 0 Å². The Bertz CT molecular complexity index is 119. The van der Waals surface area contributed by atoms with Crippen LogP contribution in [0.4, 0.5) is 13.2 Å². The highest BCUT2D eigenvalue weighted by Crippen LogP contribution is 2.21. The zero-order valence-corrected chi connectivity index (χ0v) is 5.33. The Kier molecular flexibility index (Phi) is 3.18.